The first-order valence-corrected chi connectivity index (χ1v) is 8.05. The molecule has 0 bridgehead atoms. The molecule has 0 spiro atoms. The normalized spacial score (nSPS) is 27.2. The molecule has 0 aliphatic carbocycles. The van der Waals surface area contributed by atoms with Crippen LogP contribution >= 0.6 is 0 Å². The average Bonchev–Trinajstić information content (AvgIpc) is 2.25. The topological polar surface area (TPSA) is 53.2 Å². The summed E-state index contributed by atoms with van der Waals surface area (Å²) in [5.41, 5.74) is 0.183. The van der Waals surface area contributed by atoms with Crippen LogP contribution in [0.2, 0.25) is 0 Å². The van der Waals surface area contributed by atoms with Crippen molar-refractivity contribution in [1.82, 2.24) is 16.0 Å². The van der Waals surface area contributed by atoms with Crippen molar-refractivity contribution in [2.45, 2.75) is 76.9 Å². The molecule has 0 atom stereocenters. The Bertz CT molecular complexity index is 330. The Labute approximate surface area is 123 Å². The molecule has 2 heterocycles. The van der Waals surface area contributed by atoms with Gasteiger partial charge in [-0.2, -0.15) is 0 Å². The van der Waals surface area contributed by atoms with Crippen LogP contribution in [0.15, 0.2) is 0 Å². The van der Waals surface area contributed by atoms with Crippen molar-refractivity contribution >= 4 is 5.91 Å². The van der Waals surface area contributed by atoms with E-state index in [4.69, 9.17) is 0 Å². The lowest BCUT2D eigenvalue weighted by molar-refractivity contribution is -0.123. The fourth-order valence-electron chi connectivity index (χ4n) is 4.06. The van der Waals surface area contributed by atoms with Gasteiger partial charge in [0.15, 0.2) is 0 Å². The highest BCUT2D eigenvalue weighted by Gasteiger charge is 2.38. The van der Waals surface area contributed by atoms with Gasteiger partial charge in [0.05, 0.1) is 0 Å². The van der Waals surface area contributed by atoms with Gasteiger partial charge in [-0.1, -0.05) is 0 Å². The average molecular weight is 281 g/mol. The van der Waals surface area contributed by atoms with Crippen LogP contribution in [0.4, 0.5) is 0 Å². The molecule has 2 aliphatic rings. The van der Waals surface area contributed by atoms with Crippen LogP contribution in [-0.4, -0.2) is 36.1 Å². The summed E-state index contributed by atoms with van der Waals surface area (Å²) >= 11 is 0. The molecule has 4 nitrogen and oxygen atoms in total. The largest absolute Gasteiger partial charge is 0.353 e. The minimum Gasteiger partial charge on any atom is -0.353 e. The van der Waals surface area contributed by atoms with Crippen LogP contribution in [0.3, 0.4) is 0 Å². The maximum absolute atomic E-state index is 12.2. The molecule has 0 saturated carbocycles. The molecule has 0 aromatic heterocycles. The van der Waals surface area contributed by atoms with E-state index >= 15 is 0 Å². The molecule has 4 heteroatoms. The Hall–Kier alpha value is -0.610. The van der Waals surface area contributed by atoms with E-state index in [1.165, 1.54) is 0 Å². The van der Waals surface area contributed by atoms with Gasteiger partial charge in [0, 0.05) is 23.5 Å². The second-order valence-corrected chi connectivity index (χ2v) is 7.96. The van der Waals surface area contributed by atoms with Crippen LogP contribution < -0.4 is 16.0 Å². The molecule has 116 valence electrons. The number of piperidine rings is 2. The highest BCUT2D eigenvalue weighted by Crippen LogP contribution is 2.28. The molecule has 0 aromatic rings. The van der Waals surface area contributed by atoms with Gasteiger partial charge >= 0.3 is 0 Å². The second-order valence-electron chi connectivity index (χ2n) is 7.96. The first-order valence-electron chi connectivity index (χ1n) is 8.05. The lowest BCUT2D eigenvalue weighted by Crippen LogP contribution is -2.62. The smallest absolute Gasteiger partial charge is 0.220 e. The summed E-state index contributed by atoms with van der Waals surface area (Å²) in [6.45, 7) is 11.0. The first kappa shape index (κ1) is 15.8. The standard InChI is InChI=1S/C16H31N3O/c1-15(2)10-13(11-16(3,4)19-15)18-14(20)9-12-5-7-17-8-6-12/h12-13,17,19H,5-11H2,1-4H3,(H,18,20). The third-order valence-corrected chi connectivity index (χ3v) is 4.49. The third-order valence-electron chi connectivity index (χ3n) is 4.49. The Morgan fingerprint density at radius 3 is 2.20 bits per heavy atom. The summed E-state index contributed by atoms with van der Waals surface area (Å²) in [5.74, 6) is 0.814. The van der Waals surface area contributed by atoms with Crippen molar-refractivity contribution in [3.05, 3.63) is 0 Å². The Morgan fingerprint density at radius 2 is 1.65 bits per heavy atom. The Morgan fingerprint density at radius 1 is 1.10 bits per heavy atom. The molecule has 2 saturated heterocycles. The summed E-state index contributed by atoms with van der Waals surface area (Å²) < 4.78 is 0. The van der Waals surface area contributed by atoms with Gasteiger partial charge in [0.1, 0.15) is 0 Å². The van der Waals surface area contributed by atoms with E-state index in [2.05, 4.69) is 43.6 Å². The zero-order chi connectivity index (χ0) is 14.8. The Balaban J connectivity index is 1.83. The van der Waals surface area contributed by atoms with Crippen LogP contribution in [0.1, 0.15) is 59.8 Å². The number of carbonyl (C=O) groups excluding carboxylic acids is 1. The van der Waals surface area contributed by atoms with Crippen molar-refractivity contribution in [2.24, 2.45) is 5.92 Å². The lowest BCUT2D eigenvalue weighted by Gasteiger charge is -2.46. The van der Waals surface area contributed by atoms with Gasteiger partial charge in [0.2, 0.25) is 5.91 Å². The summed E-state index contributed by atoms with van der Waals surface area (Å²) in [7, 11) is 0. The molecule has 2 rings (SSSR count). The highest BCUT2D eigenvalue weighted by atomic mass is 16.1. The van der Waals surface area contributed by atoms with Gasteiger partial charge in [0.25, 0.3) is 0 Å². The van der Waals surface area contributed by atoms with E-state index < -0.39 is 0 Å². The van der Waals surface area contributed by atoms with E-state index in [0.717, 1.165) is 38.8 Å². The van der Waals surface area contributed by atoms with E-state index in [1.54, 1.807) is 0 Å². The number of amides is 1. The summed E-state index contributed by atoms with van der Waals surface area (Å²) in [6.07, 6.45) is 4.99. The molecule has 20 heavy (non-hydrogen) atoms. The van der Waals surface area contributed by atoms with Gasteiger partial charge in [-0.25, -0.2) is 0 Å². The number of nitrogens with one attached hydrogen (secondary N) is 3. The number of hydrogen-bond acceptors (Lipinski definition) is 3. The van der Waals surface area contributed by atoms with Gasteiger partial charge in [-0.3, -0.25) is 4.79 Å². The quantitative estimate of drug-likeness (QED) is 0.739. The Kier molecular flexibility index (Phi) is 4.75. The summed E-state index contributed by atoms with van der Waals surface area (Å²) in [5, 5.41) is 10.3. The predicted octanol–water partition coefficient (Wildman–Crippen LogP) is 1.80. The maximum Gasteiger partial charge on any atom is 0.220 e. The van der Waals surface area contributed by atoms with Crippen molar-refractivity contribution < 1.29 is 4.79 Å². The molecule has 1 amide bonds. The van der Waals surface area contributed by atoms with Crippen LogP contribution in [0, 0.1) is 5.92 Å². The second kappa shape index (κ2) is 6.02. The van der Waals surface area contributed by atoms with E-state index in [9.17, 15) is 4.79 Å². The third kappa shape index (κ3) is 4.74. The van der Waals surface area contributed by atoms with Crippen LogP contribution in [-0.2, 0) is 4.79 Å². The molecule has 2 fully saturated rings. The molecule has 3 N–H and O–H groups in total. The van der Waals surface area contributed by atoms with Crippen LogP contribution in [0.5, 0.6) is 0 Å². The van der Waals surface area contributed by atoms with Gasteiger partial charge in [-0.15, -0.1) is 0 Å². The molecule has 0 radical (unpaired) electrons. The minimum atomic E-state index is 0.0917. The number of rotatable bonds is 3. The van der Waals surface area contributed by atoms with E-state index in [-0.39, 0.29) is 17.0 Å². The summed E-state index contributed by atoms with van der Waals surface area (Å²) in [4.78, 5) is 12.2. The monoisotopic (exact) mass is 281 g/mol. The first-order chi connectivity index (χ1) is 9.26. The zero-order valence-corrected chi connectivity index (χ0v) is 13.5. The molecular weight excluding hydrogens is 250 g/mol. The van der Waals surface area contributed by atoms with E-state index in [0.29, 0.717) is 18.4 Å². The minimum absolute atomic E-state index is 0.0917. The fraction of sp³-hybridized carbons (Fsp3) is 0.938. The van der Waals surface area contributed by atoms with Crippen LogP contribution in [0.25, 0.3) is 0 Å². The van der Waals surface area contributed by atoms with Crippen molar-refractivity contribution in [1.29, 1.82) is 0 Å². The van der Waals surface area contributed by atoms with Crippen molar-refractivity contribution in [3.8, 4) is 0 Å². The molecule has 0 aromatic carbocycles. The predicted molar refractivity (Wildman–Crippen MR) is 82.7 cm³/mol. The number of hydrogen-bond donors (Lipinski definition) is 3. The number of carbonyl (C=O) groups is 1. The fourth-order valence-corrected chi connectivity index (χ4v) is 4.06. The van der Waals surface area contributed by atoms with Crippen molar-refractivity contribution in [3.63, 3.8) is 0 Å². The molecule has 2 aliphatic heterocycles. The van der Waals surface area contributed by atoms with Gasteiger partial charge in [-0.05, 0) is 72.4 Å². The lowest BCUT2D eigenvalue weighted by atomic mass is 9.79. The SMILES string of the molecule is CC1(C)CC(NC(=O)CC2CCNCC2)CC(C)(C)N1. The maximum atomic E-state index is 12.2. The highest BCUT2D eigenvalue weighted by molar-refractivity contribution is 5.76. The van der Waals surface area contributed by atoms with Gasteiger partial charge < -0.3 is 16.0 Å². The zero-order valence-electron chi connectivity index (χ0n) is 13.5. The van der Waals surface area contributed by atoms with E-state index in [1.807, 2.05) is 0 Å². The summed E-state index contributed by atoms with van der Waals surface area (Å²) in [6, 6.07) is 0.301. The van der Waals surface area contributed by atoms with Crippen molar-refractivity contribution in [2.75, 3.05) is 13.1 Å². The molecular formula is C16H31N3O. The molecule has 0 unspecified atom stereocenters.